The SMILES string of the molecule is Cc1c(C(=O)N2CCN(Sc3ccc(F)cc3F)CC2)cnn1-c1nn2cccc2c(=O)[nH]1. The fourth-order valence-electron chi connectivity index (χ4n) is 3.70. The number of carbonyl (C=O) groups is 1. The Morgan fingerprint density at radius 3 is 2.70 bits per heavy atom. The van der Waals surface area contributed by atoms with Crippen LogP contribution in [0.25, 0.3) is 11.5 Å². The summed E-state index contributed by atoms with van der Waals surface area (Å²) < 4.78 is 31.9. The number of aromatic amines is 1. The van der Waals surface area contributed by atoms with Gasteiger partial charge >= 0.3 is 0 Å². The molecule has 1 amide bonds. The first-order valence-electron chi connectivity index (χ1n) is 10.2. The average Bonchev–Trinajstić information content (AvgIpc) is 3.42. The van der Waals surface area contributed by atoms with E-state index in [1.807, 2.05) is 4.31 Å². The number of carbonyl (C=O) groups excluding carboxylic acids is 1. The summed E-state index contributed by atoms with van der Waals surface area (Å²) >= 11 is 1.21. The van der Waals surface area contributed by atoms with Crippen LogP contribution >= 0.6 is 11.9 Å². The highest BCUT2D eigenvalue weighted by atomic mass is 32.2. The number of fused-ring (bicyclic) bond motifs is 1. The van der Waals surface area contributed by atoms with Crippen molar-refractivity contribution in [2.24, 2.45) is 0 Å². The molecular formula is C21H19F2N7O2S. The highest BCUT2D eigenvalue weighted by molar-refractivity contribution is 7.97. The Morgan fingerprint density at radius 2 is 1.94 bits per heavy atom. The Balaban J connectivity index is 1.29. The second kappa shape index (κ2) is 8.45. The number of amides is 1. The zero-order valence-electron chi connectivity index (χ0n) is 17.5. The van der Waals surface area contributed by atoms with Crippen molar-refractivity contribution < 1.29 is 13.6 Å². The van der Waals surface area contributed by atoms with Gasteiger partial charge in [0.15, 0.2) is 0 Å². The standard InChI is InChI=1S/C21H19F2N7O2S/c1-13-15(12-24-30(13)21-25-19(31)17-3-2-6-29(17)26-21)20(32)27-7-9-28(10-8-27)33-18-5-4-14(22)11-16(18)23/h2-6,11-12H,7-10H2,1H3,(H,25,26,31). The van der Waals surface area contributed by atoms with E-state index in [0.717, 1.165) is 6.07 Å². The van der Waals surface area contributed by atoms with Crippen LogP contribution in [0.3, 0.4) is 0 Å². The van der Waals surface area contributed by atoms with E-state index in [2.05, 4.69) is 15.2 Å². The third-order valence-electron chi connectivity index (χ3n) is 5.48. The molecular weight excluding hydrogens is 452 g/mol. The summed E-state index contributed by atoms with van der Waals surface area (Å²) in [5, 5.41) is 8.61. The number of nitrogens with zero attached hydrogens (tertiary/aromatic N) is 6. The fourth-order valence-corrected chi connectivity index (χ4v) is 4.60. The molecule has 1 aromatic carbocycles. The summed E-state index contributed by atoms with van der Waals surface area (Å²) in [4.78, 5) is 30.1. The third-order valence-corrected chi connectivity index (χ3v) is 6.63. The lowest BCUT2D eigenvalue weighted by atomic mass is 10.2. The molecule has 0 unspecified atom stereocenters. The molecule has 170 valence electrons. The number of aromatic nitrogens is 5. The maximum Gasteiger partial charge on any atom is 0.276 e. The number of piperazine rings is 1. The highest BCUT2D eigenvalue weighted by Gasteiger charge is 2.26. The van der Waals surface area contributed by atoms with Gasteiger partial charge in [-0.1, -0.05) is 0 Å². The van der Waals surface area contributed by atoms with Gasteiger partial charge in [-0.2, -0.15) is 5.10 Å². The molecule has 0 saturated carbocycles. The van der Waals surface area contributed by atoms with Gasteiger partial charge in [-0.05, 0) is 43.1 Å². The average molecular weight is 471 g/mol. The van der Waals surface area contributed by atoms with Gasteiger partial charge in [0.05, 0.1) is 22.3 Å². The predicted molar refractivity (Wildman–Crippen MR) is 117 cm³/mol. The summed E-state index contributed by atoms with van der Waals surface area (Å²) in [6.07, 6.45) is 3.13. The first-order chi connectivity index (χ1) is 15.9. The van der Waals surface area contributed by atoms with Crippen LogP contribution < -0.4 is 5.56 Å². The number of H-pyrrole nitrogens is 1. The van der Waals surface area contributed by atoms with Gasteiger partial charge in [0.25, 0.3) is 11.5 Å². The van der Waals surface area contributed by atoms with Crippen LogP contribution in [-0.4, -0.2) is 65.7 Å². The maximum absolute atomic E-state index is 13.9. The van der Waals surface area contributed by atoms with Gasteiger partial charge in [0.2, 0.25) is 5.95 Å². The molecule has 0 spiro atoms. The van der Waals surface area contributed by atoms with E-state index in [0.29, 0.717) is 47.8 Å². The van der Waals surface area contributed by atoms with Crippen molar-refractivity contribution in [2.75, 3.05) is 26.2 Å². The predicted octanol–water partition coefficient (Wildman–Crippen LogP) is 2.26. The van der Waals surface area contributed by atoms with Crippen molar-refractivity contribution in [3.63, 3.8) is 0 Å². The van der Waals surface area contributed by atoms with Crippen LogP contribution in [0, 0.1) is 18.6 Å². The summed E-state index contributed by atoms with van der Waals surface area (Å²) in [5.41, 5.74) is 1.07. The fraction of sp³-hybridized carbons (Fsp3) is 0.238. The lowest BCUT2D eigenvalue weighted by molar-refractivity contribution is 0.0703. The van der Waals surface area contributed by atoms with Crippen molar-refractivity contribution in [2.45, 2.75) is 11.8 Å². The quantitative estimate of drug-likeness (QED) is 0.459. The second-order valence-electron chi connectivity index (χ2n) is 7.56. The number of halogens is 2. The largest absolute Gasteiger partial charge is 0.336 e. The lowest BCUT2D eigenvalue weighted by Gasteiger charge is -2.33. The van der Waals surface area contributed by atoms with Crippen LogP contribution in [0.4, 0.5) is 8.78 Å². The third kappa shape index (κ3) is 4.02. The molecule has 0 atom stereocenters. The Kier molecular flexibility index (Phi) is 5.46. The number of hydrogen-bond acceptors (Lipinski definition) is 6. The highest BCUT2D eigenvalue weighted by Crippen LogP contribution is 2.27. The smallest absolute Gasteiger partial charge is 0.276 e. The molecule has 4 heterocycles. The second-order valence-corrected chi connectivity index (χ2v) is 8.70. The van der Waals surface area contributed by atoms with Crippen LogP contribution in [0.5, 0.6) is 0 Å². The van der Waals surface area contributed by atoms with E-state index in [-0.39, 0.29) is 17.4 Å². The monoisotopic (exact) mass is 471 g/mol. The van der Waals surface area contributed by atoms with Gasteiger partial charge < -0.3 is 4.90 Å². The van der Waals surface area contributed by atoms with Crippen molar-refractivity contribution in [3.05, 3.63) is 76.0 Å². The topological polar surface area (TPSA) is 91.5 Å². The molecule has 0 bridgehead atoms. The minimum atomic E-state index is -0.615. The van der Waals surface area contributed by atoms with Gasteiger partial charge in [0, 0.05) is 38.4 Å². The first kappa shape index (κ1) is 21.3. The number of rotatable bonds is 4. The molecule has 9 nitrogen and oxygen atoms in total. The first-order valence-corrected chi connectivity index (χ1v) is 11.0. The van der Waals surface area contributed by atoms with Crippen LogP contribution in [0.2, 0.25) is 0 Å². The van der Waals surface area contributed by atoms with Crippen LogP contribution in [0.1, 0.15) is 16.1 Å². The minimum absolute atomic E-state index is 0.180. The maximum atomic E-state index is 13.9. The van der Waals surface area contributed by atoms with Crippen LogP contribution in [0.15, 0.2) is 52.4 Å². The zero-order valence-corrected chi connectivity index (χ0v) is 18.4. The van der Waals surface area contributed by atoms with E-state index in [9.17, 15) is 18.4 Å². The molecule has 0 radical (unpaired) electrons. The van der Waals surface area contributed by atoms with Crippen LogP contribution in [-0.2, 0) is 0 Å². The Bertz CT molecular complexity index is 1410. The molecule has 12 heteroatoms. The minimum Gasteiger partial charge on any atom is -0.336 e. The Morgan fingerprint density at radius 1 is 1.15 bits per heavy atom. The summed E-state index contributed by atoms with van der Waals surface area (Å²) in [6, 6.07) is 6.87. The van der Waals surface area contributed by atoms with E-state index >= 15 is 0 Å². The van der Waals surface area contributed by atoms with Gasteiger partial charge in [-0.25, -0.2) is 22.3 Å². The number of benzene rings is 1. The van der Waals surface area contributed by atoms with E-state index < -0.39 is 11.6 Å². The summed E-state index contributed by atoms with van der Waals surface area (Å²) in [7, 11) is 0. The van der Waals surface area contributed by atoms with E-state index in [4.69, 9.17) is 0 Å². The number of nitrogens with one attached hydrogen (secondary N) is 1. The normalized spacial score (nSPS) is 14.8. The molecule has 1 saturated heterocycles. The van der Waals surface area contributed by atoms with Crippen molar-refractivity contribution in [1.82, 2.24) is 33.6 Å². The summed E-state index contributed by atoms with van der Waals surface area (Å²) in [5.74, 6) is -1.19. The molecule has 1 aliphatic heterocycles. The van der Waals surface area contributed by atoms with E-state index in [1.54, 1.807) is 30.2 Å². The van der Waals surface area contributed by atoms with Gasteiger partial charge in [0.1, 0.15) is 17.2 Å². The van der Waals surface area contributed by atoms with Gasteiger partial charge in [-0.15, -0.1) is 5.10 Å². The molecule has 1 fully saturated rings. The molecule has 5 rings (SSSR count). The zero-order chi connectivity index (χ0) is 23.1. The molecule has 33 heavy (non-hydrogen) atoms. The van der Waals surface area contributed by atoms with E-state index in [1.165, 1.54) is 39.5 Å². The van der Waals surface area contributed by atoms with Crippen molar-refractivity contribution in [3.8, 4) is 5.95 Å². The molecule has 3 aromatic heterocycles. The number of hydrogen-bond donors (Lipinski definition) is 1. The Hall–Kier alpha value is -3.51. The van der Waals surface area contributed by atoms with Crippen molar-refractivity contribution in [1.29, 1.82) is 0 Å². The molecule has 4 aromatic rings. The molecule has 0 aliphatic carbocycles. The lowest BCUT2D eigenvalue weighted by Crippen LogP contribution is -2.46. The molecule has 1 aliphatic rings. The van der Waals surface area contributed by atoms with Gasteiger partial charge in [-0.3, -0.25) is 14.6 Å². The Labute approximate surface area is 190 Å². The summed E-state index contributed by atoms with van der Waals surface area (Å²) in [6.45, 7) is 3.69. The molecule has 1 N–H and O–H groups in total. The van der Waals surface area contributed by atoms with Crippen molar-refractivity contribution >= 4 is 23.4 Å².